The number of methoxy groups -OCH3 is 2. The SMILES string of the molecule is C=C1NC(=O)C=CN1[C@@H]1O[C@](CF)(COP(=O)(OCOC(=O)OCCOCCOC)OCOC(=O)OCCOCCOC)[C@@H](O)[C@@]1(C)O. The number of aliphatic hydroxyl groups is 2. The number of rotatable bonds is 23. The van der Waals surface area contributed by atoms with Crippen LogP contribution in [0.4, 0.5) is 14.0 Å². The zero-order valence-electron chi connectivity index (χ0n) is 26.7. The van der Waals surface area contributed by atoms with Gasteiger partial charge in [0.05, 0.1) is 46.2 Å². The Kier molecular flexibility index (Phi) is 17.6. The van der Waals surface area contributed by atoms with E-state index in [0.29, 0.717) is 13.2 Å². The number of nitrogens with zero attached hydrogens (tertiary/aromatic N) is 1. The van der Waals surface area contributed by atoms with Crippen molar-refractivity contribution >= 4 is 26.0 Å². The van der Waals surface area contributed by atoms with Crippen LogP contribution in [0, 0.1) is 0 Å². The summed E-state index contributed by atoms with van der Waals surface area (Å²) in [4.78, 5) is 36.5. The molecule has 1 fully saturated rings. The van der Waals surface area contributed by atoms with E-state index in [0.717, 1.165) is 17.9 Å². The van der Waals surface area contributed by atoms with Crippen molar-refractivity contribution in [3.63, 3.8) is 0 Å². The maximum Gasteiger partial charge on any atom is 0.510 e. The highest BCUT2D eigenvalue weighted by Crippen LogP contribution is 2.52. The Balaban J connectivity index is 2.04. The van der Waals surface area contributed by atoms with Gasteiger partial charge in [0.2, 0.25) is 13.6 Å². The largest absolute Gasteiger partial charge is 0.510 e. The highest BCUT2D eigenvalue weighted by molar-refractivity contribution is 7.48. The lowest BCUT2D eigenvalue weighted by Gasteiger charge is -2.37. The smallest absolute Gasteiger partial charge is 0.432 e. The van der Waals surface area contributed by atoms with E-state index < -0.39 is 76.4 Å². The first kappa shape index (κ1) is 41.2. The second-order valence-electron chi connectivity index (χ2n) is 9.87. The van der Waals surface area contributed by atoms with Crippen LogP contribution in [0.15, 0.2) is 24.7 Å². The summed E-state index contributed by atoms with van der Waals surface area (Å²) in [5.74, 6) is -0.600. The fraction of sp³-hybridized carbons (Fsp3) is 0.731. The molecular formula is C26H42FN2O18P. The number of carbonyl (C=O) groups is 3. The lowest BCUT2D eigenvalue weighted by Crippen LogP contribution is -2.55. The molecule has 0 aromatic carbocycles. The first-order valence-corrected chi connectivity index (χ1v) is 15.7. The number of nitrogens with one attached hydrogen (secondary N) is 1. The molecule has 2 rings (SSSR count). The zero-order valence-corrected chi connectivity index (χ0v) is 27.6. The van der Waals surface area contributed by atoms with Crippen LogP contribution in [-0.4, -0.2) is 151 Å². The molecule has 0 unspecified atom stereocenters. The van der Waals surface area contributed by atoms with Crippen LogP contribution in [0.3, 0.4) is 0 Å². The number of ether oxygens (including phenoxy) is 9. The van der Waals surface area contributed by atoms with Gasteiger partial charge in [-0.3, -0.25) is 9.32 Å². The van der Waals surface area contributed by atoms with E-state index in [-0.39, 0.29) is 45.5 Å². The van der Waals surface area contributed by atoms with E-state index in [1.165, 1.54) is 20.4 Å². The van der Waals surface area contributed by atoms with Crippen molar-refractivity contribution in [2.75, 3.05) is 93.9 Å². The summed E-state index contributed by atoms with van der Waals surface area (Å²) in [6.45, 7) is 0.707. The summed E-state index contributed by atoms with van der Waals surface area (Å²) in [7, 11) is -1.99. The molecule has 1 amide bonds. The number of carbonyl (C=O) groups excluding carboxylic acids is 3. The molecule has 0 saturated carbocycles. The highest BCUT2D eigenvalue weighted by atomic mass is 31.2. The first-order valence-electron chi connectivity index (χ1n) is 14.2. The van der Waals surface area contributed by atoms with Crippen molar-refractivity contribution in [3.8, 4) is 0 Å². The van der Waals surface area contributed by atoms with Gasteiger partial charge in [-0.25, -0.2) is 27.6 Å². The third kappa shape index (κ3) is 12.8. The lowest BCUT2D eigenvalue weighted by atomic mass is 9.88. The van der Waals surface area contributed by atoms with Crippen molar-refractivity contribution in [2.24, 2.45) is 0 Å². The number of phosphoric ester groups is 1. The molecule has 0 radical (unpaired) electrons. The van der Waals surface area contributed by atoms with Gasteiger partial charge in [-0.05, 0) is 6.92 Å². The minimum Gasteiger partial charge on any atom is -0.432 e. The summed E-state index contributed by atoms with van der Waals surface area (Å²) in [6.07, 6.45) is -3.85. The molecule has 3 N–H and O–H groups in total. The van der Waals surface area contributed by atoms with Gasteiger partial charge in [-0.15, -0.1) is 0 Å². The number of halogens is 1. The number of alkyl halides is 1. The summed E-state index contributed by atoms with van der Waals surface area (Å²) in [5.41, 5.74) is -4.63. The number of phosphoric acid groups is 1. The summed E-state index contributed by atoms with van der Waals surface area (Å²) in [5, 5.41) is 24.4. The van der Waals surface area contributed by atoms with Gasteiger partial charge < -0.3 is 63.1 Å². The van der Waals surface area contributed by atoms with Gasteiger partial charge in [0.1, 0.15) is 37.4 Å². The van der Waals surface area contributed by atoms with Crippen molar-refractivity contribution < 1.29 is 89.8 Å². The average molecular weight is 721 g/mol. The molecule has 2 aliphatic heterocycles. The van der Waals surface area contributed by atoms with E-state index >= 15 is 0 Å². The first-order chi connectivity index (χ1) is 22.8. The maximum absolute atomic E-state index is 14.6. The molecule has 0 spiro atoms. The molecule has 22 heteroatoms. The van der Waals surface area contributed by atoms with Crippen molar-refractivity contribution in [1.29, 1.82) is 0 Å². The quantitative estimate of drug-likeness (QED) is 0.0557. The molecule has 0 bridgehead atoms. The van der Waals surface area contributed by atoms with E-state index in [2.05, 4.69) is 21.4 Å². The normalized spacial score (nSPS) is 24.0. The lowest BCUT2D eigenvalue weighted by molar-refractivity contribution is -0.149. The van der Waals surface area contributed by atoms with Gasteiger partial charge in [0.25, 0.3) is 5.91 Å². The van der Waals surface area contributed by atoms with Crippen LogP contribution >= 0.6 is 7.82 Å². The third-order valence-corrected chi connectivity index (χ3v) is 7.63. The Labute approximate surface area is 275 Å². The van der Waals surface area contributed by atoms with Gasteiger partial charge in [0, 0.05) is 26.5 Å². The van der Waals surface area contributed by atoms with Crippen molar-refractivity contribution in [2.45, 2.75) is 30.5 Å². The maximum atomic E-state index is 14.6. The number of amides is 1. The molecule has 2 heterocycles. The topological polar surface area (TPSA) is 235 Å². The van der Waals surface area contributed by atoms with E-state index in [4.69, 9.17) is 46.7 Å². The van der Waals surface area contributed by atoms with Crippen molar-refractivity contribution in [3.05, 3.63) is 24.7 Å². The van der Waals surface area contributed by atoms with Crippen molar-refractivity contribution in [1.82, 2.24) is 10.2 Å². The Bertz CT molecular complexity index is 1090. The predicted octanol–water partition coefficient (Wildman–Crippen LogP) is 0.285. The molecule has 4 atom stereocenters. The van der Waals surface area contributed by atoms with Crippen LogP contribution in [0.2, 0.25) is 0 Å². The number of hydrogen-bond donors (Lipinski definition) is 3. The average Bonchev–Trinajstić information content (AvgIpc) is 3.24. The molecular weight excluding hydrogens is 678 g/mol. The van der Waals surface area contributed by atoms with Gasteiger partial charge in [-0.1, -0.05) is 6.58 Å². The van der Waals surface area contributed by atoms with Crippen LogP contribution in [-0.2, 0) is 65.6 Å². The molecule has 0 aliphatic carbocycles. The summed E-state index contributed by atoms with van der Waals surface area (Å²) in [6, 6.07) is 0. The standard InChI is InChI=1S/C26H42FN2O18P/c1-19-28-20(30)5-6-29(19)22-25(2,34)21(31)26(15-27,47-22)16-44-48(35,45-17-42-23(32)40-13-11-38-9-7-36-3)46-18-43-24(33)41-14-12-39-10-8-37-4/h5-6,21-22,31,34H,1,7-18H2,2-4H3,(H,28,30)/t21-,22+,25+,26+/m0/s1. The van der Waals surface area contributed by atoms with Gasteiger partial charge in [-0.2, -0.15) is 0 Å². The Morgan fingerprint density at radius 3 is 1.96 bits per heavy atom. The van der Waals surface area contributed by atoms with Crippen LogP contribution in [0.1, 0.15) is 6.92 Å². The van der Waals surface area contributed by atoms with Crippen LogP contribution in [0.5, 0.6) is 0 Å². The second kappa shape index (κ2) is 20.5. The predicted molar refractivity (Wildman–Crippen MR) is 154 cm³/mol. The molecule has 0 aromatic heterocycles. The third-order valence-electron chi connectivity index (χ3n) is 6.34. The monoisotopic (exact) mass is 720 g/mol. The number of aliphatic hydroxyl groups excluding tert-OH is 1. The minimum absolute atomic E-state index is 0.0160. The summed E-state index contributed by atoms with van der Waals surface area (Å²) < 4.78 is 87.6. The fourth-order valence-corrected chi connectivity index (χ4v) is 4.86. The Hall–Kier alpha value is -2.95. The Morgan fingerprint density at radius 1 is 0.958 bits per heavy atom. The fourth-order valence-electron chi connectivity index (χ4n) is 3.89. The number of hydrogen-bond acceptors (Lipinski definition) is 19. The zero-order chi connectivity index (χ0) is 35.6. The molecule has 20 nitrogen and oxygen atoms in total. The molecule has 48 heavy (non-hydrogen) atoms. The minimum atomic E-state index is -4.95. The molecule has 2 aliphatic rings. The summed E-state index contributed by atoms with van der Waals surface area (Å²) >= 11 is 0. The molecule has 1 saturated heterocycles. The van der Waals surface area contributed by atoms with Gasteiger partial charge in [0.15, 0.2) is 11.8 Å². The van der Waals surface area contributed by atoms with Crippen LogP contribution in [0.25, 0.3) is 0 Å². The molecule has 0 aromatic rings. The highest BCUT2D eigenvalue weighted by Gasteiger charge is 2.63. The Morgan fingerprint density at radius 2 is 1.48 bits per heavy atom. The van der Waals surface area contributed by atoms with E-state index in [1.54, 1.807) is 0 Å². The van der Waals surface area contributed by atoms with Crippen LogP contribution < -0.4 is 5.32 Å². The second-order valence-corrected chi connectivity index (χ2v) is 11.5. The van der Waals surface area contributed by atoms with Gasteiger partial charge >= 0.3 is 20.1 Å². The molecule has 276 valence electrons. The van der Waals surface area contributed by atoms with E-state index in [1.807, 2.05) is 0 Å². The van der Waals surface area contributed by atoms with E-state index in [9.17, 15) is 33.6 Å².